The first kappa shape index (κ1) is 30.4. The Bertz CT molecular complexity index is 1170. The Balaban J connectivity index is 1.42. The molecule has 0 aromatic heterocycles. The van der Waals surface area contributed by atoms with Gasteiger partial charge in [-0.1, -0.05) is 46.8 Å². The number of ether oxygens (including phenoxy) is 1. The zero-order valence-corrected chi connectivity index (χ0v) is 26.3. The molecule has 0 spiro atoms. The number of carbonyl (C=O) groups is 3. The molecule has 228 valence electrons. The third kappa shape index (κ3) is 4.35. The van der Waals surface area contributed by atoms with Crippen molar-refractivity contribution in [2.24, 2.45) is 63.1 Å². The molecule has 5 saturated carbocycles. The number of allylic oxidation sites excluding steroid dienone is 1. The number of carboxylic acids is 2. The van der Waals surface area contributed by atoms with Crippen molar-refractivity contribution in [3.8, 4) is 0 Å². The lowest BCUT2D eigenvalue weighted by Gasteiger charge is -2.72. The van der Waals surface area contributed by atoms with Crippen molar-refractivity contribution < 1.29 is 29.3 Å². The predicted octanol–water partition coefficient (Wildman–Crippen LogP) is 7.53. The Labute approximate surface area is 246 Å². The number of carbonyl (C=O) groups excluding carboxylic acids is 1. The lowest BCUT2D eigenvalue weighted by atomic mass is 9.33. The van der Waals surface area contributed by atoms with Crippen LogP contribution in [0.15, 0.2) is 23.8 Å². The van der Waals surface area contributed by atoms with Gasteiger partial charge in [0.15, 0.2) is 0 Å². The summed E-state index contributed by atoms with van der Waals surface area (Å²) < 4.78 is 5.96. The van der Waals surface area contributed by atoms with E-state index in [1.54, 1.807) is 0 Å². The molecule has 0 bridgehead atoms. The first-order chi connectivity index (χ1) is 19.0. The van der Waals surface area contributed by atoms with Gasteiger partial charge in [-0.3, -0.25) is 4.79 Å². The summed E-state index contributed by atoms with van der Waals surface area (Å²) in [7, 11) is 0. The first-order valence-corrected chi connectivity index (χ1v) is 16.0. The number of aliphatic carboxylic acids is 2. The van der Waals surface area contributed by atoms with Gasteiger partial charge in [0.05, 0.1) is 5.92 Å². The molecule has 0 heterocycles. The van der Waals surface area contributed by atoms with E-state index in [4.69, 9.17) is 4.74 Å². The Morgan fingerprint density at radius 3 is 2.10 bits per heavy atom. The van der Waals surface area contributed by atoms with E-state index in [2.05, 4.69) is 48.1 Å². The summed E-state index contributed by atoms with van der Waals surface area (Å²) in [6.07, 6.45) is 10.1. The van der Waals surface area contributed by atoms with Gasteiger partial charge >= 0.3 is 17.9 Å². The van der Waals surface area contributed by atoms with Crippen molar-refractivity contribution in [3.63, 3.8) is 0 Å². The van der Waals surface area contributed by atoms with Crippen LogP contribution in [0, 0.1) is 63.1 Å². The quantitative estimate of drug-likeness (QED) is 0.202. The van der Waals surface area contributed by atoms with Crippen LogP contribution in [-0.4, -0.2) is 34.2 Å². The van der Waals surface area contributed by atoms with Crippen LogP contribution in [0.2, 0.25) is 0 Å². The summed E-state index contributed by atoms with van der Waals surface area (Å²) in [5.41, 5.74) is 1.42. The third-order valence-electron chi connectivity index (χ3n) is 14.2. The number of esters is 1. The monoisotopic (exact) mass is 568 g/mol. The maximum absolute atomic E-state index is 12.7. The SMILES string of the molecule is C=C(C)[C@@H]1C[C@@H](C(=O)O)C2CC[C@]3(C)[C@H](CC[C@@H]4[C@@]5(C)CC[C@H](OC(=O)/C=C(/C)C(=O)O)C(C)(C)[C@@H]5CC[C@]43C)[C@H]21. The lowest BCUT2D eigenvalue weighted by molar-refractivity contribution is -0.244. The van der Waals surface area contributed by atoms with Gasteiger partial charge in [0.25, 0.3) is 0 Å². The number of carboxylic acid groups (broad SMARTS) is 2. The number of hydrogen-bond acceptors (Lipinski definition) is 4. The van der Waals surface area contributed by atoms with Crippen LogP contribution in [0.3, 0.4) is 0 Å². The van der Waals surface area contributed by atoms with Gasteiger partial charge in [0.1, 0.15) is 6.10 Å². The Kier molecular flexibility index (Phi) is 7.39. The van der Waals surface area contributed by atoms with Crippen LogP contribution in [0.25, 0.3) is 0 Å². The maximum Gasteiger partial charge on any atom is 0.331 e. The van der Waals surface area contributed by atoms with Crippen LogP contribution in [-0.2, 0) is 19.1 Å². The van der Waals surface area contributed by atoms with Crippen molar-refractivity contribution in [1.82, 2.24) is 0 Å². The maximum atomic E-state index is 12.7. The van der Waals surface area contributed by atoms with E-state index < -0.39 is 17.9 Å². The minimum absolute atomic E-state index is 0.00700. The Hall–Kier alpha value is -2.11. The van der Waals surface area contributed by atoms with Gasteiger partial charge in [-0.25, -0.2) is 9.59 Å². The van der Waals surface area contributed by atoms with Gasteiger partial charge in [-0.2, -0.15) is 0 Å². The molecule has 6 heteroatoms. The summed E-state index contributed by atoms with van der Waals surface area (Å²) in [5.74, 6) is -0.0152. The molecule has 5 aliphatic rings. The average molecular weight is 569 g/mol. The normalized spacial score (nSPS) is 46.8. The van der Waals surface area contributed by atoms with Crippen molar-refractivity contribution in [3.05, 3.63) is 23.8 Å². The van der Waals surface area contributed by atoms with E-state index in [1.165, 1.54) is 18.9 Å². The van der Waals surface area contributed by atoms with Crippen LogP contribution < -0.4 is 0 Å². The van der Waals surface area contributed by atoms with Crippen molar-refractivity contribution in [2.75, 3.05) is 0 Å². The summed E-state index contributed by atoms with van der Waals surface area (Å²) >= 11 is 0. The highest BCUT2D eigenvalue weighted by molar-refractivity contribution is 5.94. The topological polar surface area (TPSA) is 101 Å². The molecule has 5 aliphatic carbocycles. The van der Waals surface area contributed by atoms with Crippen LogP contribution in [0.1, 0.15) is 106 Å². The summed E-state index contributed by atoms with van der Waals surface area (Å²) in [6, 6.07) is 0. The molecule has 0 aromatic carbocycles. The second-order valence-corrected chi connectivity index (χ2v) is 16.0. The molecular formula is C35H52O6. The molecule has 1 unspecified atom stereocenters. The lowest BCUT2D eigenvalue weighted by Crippen LogP contribution is -2.66. The number of rotatable bonds is 5. The minimum atomic E-state index is -1.10. The molecule has 0 amide bonds. The van der Waals surface area contributed by atoms with Crippen LogP contribution >= 0.6 is 0 Å². The summed E-state index contributed by atoms with van der Waals surface area (Å²) in [4.78, 5) is 36.2. The smallest absolute Gasteiger partial charge is 0.331 e. The fourth-order valence-corrected chi connectivity index (χ4v) is 12.1. The van der Waals surface area contributed by atoms with Crippen molar-refractivity contribution in [2.45, 2.75) is 112 Å². The first-order valence-electron chi connectivity index (χ1n) is 16.0. The standard InChI is InChI=1S/C35H52O6/c1-19(2)22-18-23(31(39)40)21-11-15-34(7)24(29(21)22)9-10-26-33(6)14-13-27(41-28(36)17-20(3)30(37)38)32(4,5)25(33)12-16-35(26,34)8/h17,21-27,29H,1,9-16,18H2,2-8H3,(H,37,38)(H,39,40)/b20-17-/t21?,22-,23+,24+,25-,26+,27-,29+,33-,34+,35+/m0/s1. The second-order valence-electron chi connectivity index (χ2n) is 16.0. The van der Waals surface area contributed by atoms with Gasteiger partial charge in [-0.15, -0.1) is 0 Å². The van der Waals surface area contributed by atoms with E-state index in [1.807, 2.05) is 0 Å². The van der Waals surface area contributed by atoms with Crippen molar-refractivity contribution >= 4 is 17.9 Å². The molecule has 11 atom stereocenters. The third-order valence-corrected chi connectivity index (χ3v) is 14.2. The molecule has 2 N–H and O–H groups in total. The zero-order valence-electron chi connectivity index (χ0n) is 26.3. The summed E-state index contributed by atoms with van der Waals surface area (Å²) in [5, 5.41) is 19.3. The van der Waals surface area contributed by atoms with E-state index in [9.17, 15) is 24.6 Å². The van der Waals surface area contributed by atoms with E-state index in [0.717, 1.165) is 57.4 Å². The molecule has 6 nitrogen and oxygen atoms in total. The number of fused-ring (bicyclic) bond motifs is 7. The van der Waals surface area contributed by atoms with Gasteiger partial charge in [0, 0.05) is 17.1 Å². The predicted molar refractivity (Wildman–Crippen MR) is 158 cm³/mol. The van der Waals surface area contributed by atoms with Crippen molar-refractivity contribution in [1.29, 1.82) is 0 Å². The largest absolute Gasteiger partial charge is 0.481 e. The highest BCUT2D eigenvalue weighted by Gasteiger charge is 2.70. The van der Waals surface area contributed by atoms with Gasteiger partial charge in [0.2, 0.25) is 0 Å². The molecular weight excluding hydrogens is 516 g/mol. The van der Waals surface area contributed by atoms with E-state index >= 15 is 0 Å². The zero-order chi connectivity index (χ0) is 30.3. The second kappa shape index (κ2) is 9.98. The van der Waals surface area contributed by atoms with Gasteiger partial charge in [-0.05, 0) is 123 Å². The molecule has 41 heavy (non-hydrogen) atoms. The van der Waals surface area contributed by atoms with Crippen LogP contribution in [0.5, 0.6) is 0 Å². The highest BCUT2D eigenvalue weighted by atomic mass is 16.5. The van der Waals surface area contributed by atoms with Gasteiger partial charge < -0.3 is 14.9 Å². The molecule has 0 aromatic rings. The average Bonchev–Trinajstić information content (AvgIpc) is 3.26. The Morgan fingerprint density at radius 1 is 0.829 bits per heavy atom. The van der Waals surface area contributed by atoms with E-state index in [0.29, 0.717) is 29.6 Å². The minimum Gasteiger partial charge on any atom is -0.481 e. The Morgan fingerprint density at radius 2 is 1.49 bits per heavy atom. The van der Waals surface area contributed by atoms with Crippen LogP contribution in [0.4, 0.5) is 0 Å². The summed E-state index contributed by atoms with van der Waals surface area (Å²) in [6.45, 7) is 20.0. The molecule has 5 rings (SSSR count). The fraction of sp³-hybridized carbons (Fsp3) is 0.800. The molecule has 0 aliphatic heterocycles. The highest BCUT2D eigenvalue weighted by Crippen LogP contribution is 2.76. The number of hydrogen-bond donors (Lipinski definition) is 2. The molecule has 0 saturated heterocycles. The fourth-order valence-electron chi connectivity index (χ4n) is 12.1. The molecule has 0 radical (unpaired) electrons. The molecule has 5 fully saturated rings. The van der Waals surface area contributed by atoms with E-state index in [-0.39, 0.29) is 45.2 Å².